The SMILES string of the molecule is N#CCc1ccc(F)cc1C=CCCN=[N+]=[N-]. The van der Waals surface area contributed by atoms with Crippen LogP contribution < -0.4 is 0 Å². The van der Waals surface area contributed by atoms with E-state index >= 15 is 0 Å². The molecule has 0 spiro atoms. The molecule has 1 rings (SSSR count). The molecule has 4 nitrogen and oxygen atoms in total. The van der Waals surface area contributed by atoms with E-state index in [0.29, 0.717) is 18.5 Å². The van der Waals surface area contributed by atoms with Gasteiger partial charge in [0.05, 0.1) is 12.5 Å². The van der Waals surface area contributed by atoms with Gasteiger partial charge in [-0.15, -0.1) is 0 Å². The average molecular weight is 230 g/mol. The van der Waals surface area contributed by atoms with Gasteiger partial charge < -0.3 is 0 Å². The Morgan fingerprint density at radius 1 is 1.53 bits per heavy atom. The van der Waals surface area contributed by atoms with Gasteiger partial charge in [0, 0.05) is 11.5 Å². The second-order valence-electron chi connectivity index (χ2n) is 3.32. The van der Waals surface area contributed by atoms with Crippen LogP contribution >= 0.6 is 0 Å². The number of azide groups is 1. The van der Waals surface area contributed by atoms with Crippen LogP contribution in [0.25, 0.3) is 16.5 Å². The summed E-state index contributed by atoms with van der Waals surface area (Å²) >= 11 is 0. The minimum Gasteiger partial charge on any atom is -0.207 e. The molecule has 0 radical (unpaired) electrons. The van der Waals surface area contributed by atoms with Crippen LogP contribution in [0.1, 0.15) is 17.5 Å². The number of hydrogen-bond donors (Lipinski definition) is 0. The maximum absolute atomic E-state index is 13.0. The third-order valence-electron chi connectivity index (χ3n) is 2.13. The highest BCUT2D eigenvalue weighted by Crippen LogP contribution is 2.14. The molecule has 0 heterocycles. The van der Waals surface area contributed by atoms with E-state index in [2.05, 4.69) is 10.0 Å². The molecule has 0 fully saturated rings. The lowest BCUT2D eigenvalue weighted by molar-refractivity contribution is 0.627. The van der Waals surface area contributed by atoms with Gasteiger partial charge in [0.1, 0.15) is 5.82 Å². The van der Waals surface area contributed by atoms with Gasteiger partial charge in [-0.1, -0.05) is 23.3 Å². The van der Waals surface area contributed by atoms with Gasteiger partial charge in [0.15, 0.2) is 0 Å². The van der Waals surface area contributed by atoms with Crippen LogP contribution in [-0.2, 0) is 6.42 Å². The molecule has 1 aromatic rings. The summed E-state index contributed by atoms with van der Waals surface area (Å²) < 4.78 is 13.0. The first kappa shape index (κ1) is 12.8. The van der Waals surface area contributed by atoms with Crippen LogP contribution in [0.5, 0.6) is 0 Å². The van der Waals surface area contributed by atoms with Crippen LogP contribution in [0, 0.1) is 17.1 Å². The lowest BCUT2D eigenvalue weighted by atomic mass is 10.0. The number of nitrogens with zero attached hydrogens (tertiary/aromatic N) is 4. The highest BCUT2D eigenvalue weighted by Gasteiger charge is 2.00. The third-order valence-corrected chi connectivity index (χ3v) is 2.13. The van der Waals surface area contributed by atoms with Crippen molar-refractivity contribution in [2.75, 3.05) is 6.54 Å². The maximum Gasteiger partial charge on any atom is 0.123 e. The molecule has 1 aromatic carbocycles. The predicted octanol–water partition coefficient (Wildman–Crippen LogP) is 3.61. The molecule has 5 heteroatoms. The van der Waals surface area contributed by atoms with E-state index in [1.54, 1.807) is 18.2 Å². The van der Waals surface area contributed by atoms with Gasteiger partial charge in [-0.25, -0.2) is 4.39 Å². The summed E-state index contributed by atoms with van der Waals surface area (Å²) in [7, 11) is 0. The van der Waals surface area contributed by atoms with Crippen molar-refractivity contribution in [2.45, 2.75) is 12.8 Å². The van der Waals surface area contributed by atoms with E-state index in [0.717, 1.165) is 5.56 Å². The summed E-state index contributed by atoms with van der Waals surface area (Å²) in [4.78, 5) is 2.63. The van der Waals surface area contributed by atoms with E-state index in [1.807, 2.05) is 6.07 Å². The fourth-order valence-corrected chi connectivity index (χ4v) is 1.35. The molecule has 0 atom stereocenters. The maximum atomic E-state index is 13.0. The van der Waals surface area contributed by atoms with Crippen LogP contribution in [0.3, 0.4) is 0 Å². The number of benzene rings is 1. The van der Waals surface area contributed by atoms with E-state index in [4.69, 9.17) is 10.8 Å². The Hall–Kier alpha value is -2.31. The van der Waals surface area contributed by atoms with Gasteiger partial charge in [-0.2, -0.15) is 5.26 Å². The number of halogens is 1. The van der Waals surface area contributed by atoms with E-state index < -0.39 is 0 Å². The molecule has 0 N–H and O–H groups in total. The quantitative estimate of drug-likeness (QED) is 0.329. The Labute approximate surface area is 98.6 Å². The smallest absolute Gasteiger partial charge is 0.123 e. The molecule has 0 unspecified atom stereocenters. The Morgan fingerprint density at radius 3 is 3.06 bits per heavy atom. The monoisotopic (exact) mass is 230 g/mol. The predicted molar refractivity (Wildman–Crippen MR) is 63.4 cm³/mol. The summed E-state index contributed by atoms with van der Waals surface area (Å²) in [6.45, 7) is 0.371. The molecule has 0 amide bonds. The van der Waals surface area contributed by atoms with Gasteiger partial charge in [-0.3, -0.25) is 0 Å². The molecular weight excluding hydrogens is 219 g/mol. The molecule has 17 heavy (non-hydrogen) atoms. The zero-order valence-electron chi connectivity index (χ0n) is 9.17. The van der Waals surface area contributed by atoms with Crippen LogP contribution in [0.15, 0.2) is 29.4 Å². The zero-order chi connectivity index (χ0) is 12.5. The molecule has 0 saturated carbocycles. The molecule has 0 aromatic heterocycles. The summed E-state index contributed by atoms with van der Waals surface area (Å²) in [5.74, 6) is -0.332. The van der Waals surface area contributed by atoms with Crippen LogP contribution in [0.4, 0.5) is 4.39 Å². The van der Waals surface area contributed by atoms with E-state index in [-0.39, 0.29) is 12.2 Å². The van der Waals surface area contributed by atoms with Crippen molar-refractivity contribution in [2.24, 2.45) is 5.11 Å². The average Bonchev–Trinajstić information content (AvgIpc) is 2.32. The Kier molecular flexibility index (Phi) is 5.29. The second kappa shape index (κ2) is 7.04. The molecule has 0 bridgehead atoms. The molecule has 0 saturated heterocycles. The first-order valence-electron chi connectivity index (χ1n) is 5.10. The van der Waals surface area contributed by atoms with Crippen molar-refractivity contribution in [3.05, 3.63) is 51.7 Å². The van der Waals surface area contributed by atoms with Gasteiger partial charge in [0.2, 0.25) is 0 Å². The Balaban J connectivity index is 2.77. The Bertz CT molecular complexity index is 496. The summed E-state index contributed by atoms with van der Waals surface area (Å²) in [6, 6.07) is 6.36. The van der Waals surface area contributed by atoms with Gasteiger partial charge >= 0.3 is 0 Å². The van der Waals surface area contributed by atoms with Crippen molar-refractivity contribution >= 4 is 6.08 Å². The fourth-order valence-electron chi connectivity index (χ4n) is 1.35. The topological polar surface area (TPSA) is 72.5 Å². The molecule has 0 aliphatic heterocycles. The summed E-state index contributed by atoms with van der Waals surface area (Å²) in [6.07, 6.45) is 4.37. The van der Waals surface area contributed by atoms with Crippen LogP contribution in [0.2, 0.25) is 0 Å². The first-order chi connectivity index (χ1) is 8.27. The molecule has 0 aliphatic carbocycles. The standard InChI is InChI=1S/C12H11FN4/c13-12-5-4-10(6-7-14)11(9-12)3-1-2-8-16-17-15/h1,3-5,9H,2,6,8H2. The fraction of sp³-hybridized carbons (Fsp3) is 0.250. The minimum atomic E-state index is -0.332. The van der Waals surface area contributed by atoms with Crippen molar-refractivity contribution in [3.63, 3.8) is 0 Å². The molecular formula is C12H11FN4. The van der Waals surface area contributed by atoms with Crippen molar-refractivity contribution in [3.8, 4) is 6.07 Å². The second-order valence-corrected chi connectivity index (χ2v) is 3.32. The minimum absolute atomic E-state index is 0.246. The summed E-state index contributed by atoms with van der Waals surface area (Å²) in [5.41, 5.74) is 9.56. The van der Waals surface area contributed by atoms with Crippen molar-refractivity contribution < 1.29 is 4.39 Å². The number of hydrogen-bond acceptors (Lipinski definition) is 2. The van der Waals surface area contributed by atoms with E-state index in [1.165, 1.54) is 12.1 Å². The van der Waals surface area contributed by atoms with Crippen LogP contribution in [-0.4, -0.2) is 6.54 Å². The molecule has 0 aliphatic rings. The van der Waals surface area contributed by atoms with Crippen molar-refractivity contribution in [1.82, 2.24) is 0 Å². The number of nitriles is 1. The zero-order valence-corrected chi connectivity index (χ0v) is 9.17. The third kappa shape index (κ3) is 4.37. The lowest BCUT2D eigenvalue weighted by Crippen LogP contribution is -1.89. The van der Waals surface area contributed by atoms with E-state index in [9.17, 15) is 4.39 Å². The molecule has 86 valence electrons. The first-order valence-corrected chi connectivity index (χ1v) is 5.10. The van der Waals surface area contributed by atoms with Gasteiger partial charge in [0.25, 0.3) is 0 Å². The Morgan fingerprint density at radius 2 is 2.35 bits per heavy atom. The normalized spacial score (nSPS) is 9.88. The highest BCUT2D eigenvalue weighted by atomic mass is 19.1. The lowest BCUT2D eigenvalue weighted by Gasteiger charge is -2.01. The number of rotatable bonds is 5. The van der Waals surface area contributed by atoms with Gasteiger partial charge in [-0.05, 0) is 35.2 Å². The highest BCUT2D eigenvalue weighted by molar-refractivity contribution is 5.54. The summed E-state index contributed by atoms with van der Waals surface area (Å²) in [5, 5.41) is 12.0. The van der Waals surface area contributed by atoms with Crippen molar-refractivity contribution in [1.29, 1.82) is 5.26 Å². The largest absolute Gasteiger partial charge is 0.207 e.